The molecule has 0 amide bonds. The highest BCUT2D eigenvalue weighted by Gasteiger charge is 2.25. The van der Waals surface area contributed by atoms with Gasteiger partial charge in [-0.2, -0.15) is 0 Å². The highest BCUT2D eigenvalue weighted by molar-refractivity contribution is 7.99. The molecule has 1 N–H and O–H groups in total. The van der Waals surface area contributed by atoms with Crippen molar-refractivity contribution in [2.24, 2.45) is 0 Å². The highest BCUT2D eigenvalue weighted by Crippen LogP contribution is 2.29. The van der Waals surface area contributed by atoms with E-state index < -0.39 is 0 Å². The lowest BCUT2D eigenvalue weighted by Crippen LogP contribution is -2.30. The number of thioether (sulfide) groups is 1. The number of nitrogens with one attached hydrogen (secondary N) is 1. The van der Waals surface area contributed by atoms with E-state index in [2.05, 4.69) is 48.5 Å². The van der Waals surface area contributed by atoms with Crippen molar-refractivity contribution >= 4 is 42.4 Å². The predicted molar refractivity (Wildman–Crippen MR) is 114 cm³/mol. The summed E-state index contributed by atoms with van der Waals surface area (Å²) in [7, 11) is 2.17. The van der Waals surface area contributed by atoms with Gasteiger partial charge in [0.1, 0.15) is 5.82 Å². The summed E-state index contributed by atoms with van der Waals surface area (Å²) < 4.78 is 0. The second-order valence-corrected chi connectivity index (χ2v) is 7.95. The normalized spacial score (nSPS) is 16.2. The molecule has 2 aliphatic rings. The minimum Gasteiger partial charge on any atom is -0.366 e. The van der Waals surface area contributed by atoms with Gasteiger partial charge in [0.15, 0.2) is 5.16 Å². The summed E-state index contributed by atoms with van der Waals surface area (Å²) in [5.41, 5.74) is 5.47. The fraction of sp³-hybridized carbons (Fsp3) is 0.474. The van der Waals surface area contributed by atoms with Crippen LogP contribution in [0.25, 0.3) is 0 Å². The number of nitrogens with zero attached hydrogens (tertiary/aromatic N) is 3. The first-order chi connectivity index (χ1) is 11.7. The quantitative estimate of drug-likeness (QED) is 0.606. The zero-order chi connectivity index (χ0) is 16.5. The molecule has 0 saturated heterocycles. The number of likely N-dealkylation sites (N-methyl/N-ethyl adjacent to an activating group) is 1. The van der Waals surface area contributed by atoms with E-state index in [1.54, 1.807) is 11.8 Å². The van der Waals surface area contributed by atoms with Gasteiger partial charge in [-0.25, -0.2) is 9.97 Å². The van der Waals surface area contributed by atoms with Gasteiger partial charge in [-0.05, 0) is 36.8 Å². The van der Waals surface area contributed by atoms with Crippen LogP contribution in [0.4, 0.5) is 5.82 Å². The lowest BCUT2D eigenvalue weighted by Gasteiger charge is -2.27. The second kappa shape index (κ2) is 9.27. The van der Waals surface area contributed by atoms with Crippen molar-refractivity contribution in [2.75, 3.05) is 24.7 Å². The van der Waals surface area contributed by atoms with Crippen LogP contribution in [-0.2, 0) is 25.8 Å². The molecule has 0 atom stereocenters. The third kappa shape index (κ3) is 4.45. The molecule has 4 rings (SSSR count). The van der Waals surface area contributed by atoms with Crippen molar-refractivity contribution < 1.29 is 0 Å². The number of hydrogen-bond acceptors (Lipinski definition) is 5. The lowest BCUT2D eigenvalue weighted by molar-refractivity contribution is 0.308. The zero-order valence-corrected chi connectivity index (χ0v) is 17.6. The van der Waals surface area contributed by atoms with E-state index in [1.165, 1.54) is 22.4 Å². The van der Waals surface area contributed by atoms with Crippen LogP contribution in [0.5, 0.6) is 0 Å². The van der Waals surface area contributed by atoms with Crippen LogP contribution in [-0.4, -0.2) is 40.3 Å². The van der Waals surface area contributed by atoms with Crippen molar-refractivity contribution in [3.8, 4) is 0 Å². The summed E-state index contributed by atoms with van der Waals surface area (Å²) in [6.45, 7) is 4.17. The van der Waals surface area contributed by atoms with E-state index in [9.17, 15) is 0 Å². The van der Waals surface area contributed by atoms with Gasteiger partial charge in [0.2, 0.25) is 0 Å². The molecule has 2 aromatic rings. The molecule has 2 heterocycles. The number of hydrogen-bond donors (Lipinski definition) is 1. The number of anilines is 1. The molecule has 0 saturated carbocycles. The van der Waals surface area contributed by atoms with E-state index in [0.29, 0.717) is 6.04 Å². The smallest absolute Gasteiger partial charge is 0.189 e. The van der Waals surface area contributed by atoms with Gasteiger partial charge >= 0.3 is 0 Å². The van der Waals surface area contributed by atoms with Crippen LogP contribution < -0.4 is 5.32 Å². The van der Waals surface area contributed by atoms with Crippen molar-refractivity contribution in [3.63, 3.8) is 0 Å². The Morgan fingerprint density at radius 1 is 1.15 bits per heavy atom. The van der Waals surface area contributed by atoms with Crippen molar-refractivity contribution in [2.45, 2.75) is 43.9 Å². The third-order valence-corrected chi connectivity index (χ3v) is 5.63. The molecule has 0 radical (unpaired) electrons. The first-order valence-corrected chi connectivity index (χ1v) is 9.76. The molecule has 26 heavy (non-hydrogen) atoms. The van der Waals surface area contributed by atoms with E-state index in [1.807, 2.05) is 0 Å². The van der Waals surface area contributed by atoms with Crippen LogP contribution in [0.2, 0.25) is 0 Å². The topological polar surface area (TPSA) is 41.1 Å². The summed E-state index contributed by atoms with van der Waals surface area (Å²) in [5.74, 6) is 2.06. The van der Waals surface area contributed by atoms with Gasteiger partial charge in [0.05, 0.1) is 5.69 Å². The molecular formula is C19H26Cl2N4S. The van der Waals surface area contributed by atoms with Gasteiger partial charge in [-0.15, -0.1) is 24.8 Å². The van der Waals surface area contributed by atoms with Crippen molar-refractivity contribution in [1.82, 2.24) is 14.9 Å². The molecule has 7 heteroatoms. The molecule has 1 aromatic heterocycles. The number of fused-ring (bicyclic) bond motifs is 2. The van der Waals surface area contributed by atoms with Crippen LogP contribution in [0.1, 0.15) is 29.3 Å². The average Bonchev–Trinajstić information content (AvgIpc) is 2.98. The number of halogens is 2. The van der Waals surface area contributed by atoms with E-state index >= 15 is 0 Å². The SMILES string of the molecule is CCSc1nc2c(c(NC3Cc4ccccc4C3)n1)CN(C)CC2.Cl.Cl. The Morgan fingerprint density at radius 3 is 2.50 bits per heavy atom. The van der Waals surface area contributed by atoms with Crippen LogP contribution in [0, 0.1) is 0 Å². The van der Waals surface area contributed by atoms with E-state index in [4.69, 9.17) is 9.97 Å². The highest BCUT2D eigenvalue weighted by atomic mass is 35.5. The van der Waals surface area contributed by atoms with E-state index in [0.717, 1.165) is 49.1 Å². The molecule has 1 aromatic carbocycles. The van der Waals surface area contributed by atoms with Crippen LogP contribution >= 0.6 is 36.6 Å². The average molecular weight is 413 g/mol. The van der Waals surface area contributed by atoms with Crippen LogP contribution in [0.15, 0.2) is 29.4 Å². The molecule has 142 valence electrons. The molecule has 0 fully saturated rings. The number of aromatic nitrogens is 2. The van der Waals surface area contributed by atoms with Crippen LogP contribution in [0.3, 0.4) is 0 Å². The Bertz CT molecular complexity index is 731. The molecule has 1 aliphatic carbocycles. The zero-order valence-electron chi connectivity index (χ0n) is 15.2. The maximum absolute atomic E-state index is 4.85. The summed E-state index contributed by atoms with van der Waals surface area (Å²) in [6, 6.07) is 9.21. The minimum absolute atomic E-state index is 0. The number of rotatable bonds is 4. The molecule has 0 bridgehead atoms. The Hall–Kier alpha value is -1.01. The van der Waals surface area contributed by atoms with Gasteiger partial charge in [0.25, 0.3) is 0 Å². The van der Waals surface area contributed by atoms with Gasteiger partial charge < -0.3 is 10.2 Å². The Balaban J connectivity index is 0.00000121. The fourth-order valence-corrected chi connectivity index (χ4v) is 4.28. The Labute approximate surface area is 172 Å². The van der Waals surface area contributed by atoms with Gasteiger partial charge in [-0.3, -0.25) is 0 Å². The largest absolute Gasteiger partial charge is 0.366 e. The fourth-order valence-electron chi connectivity index (χ4n) is 3.69. The minimum atomic E-state index is 0. The standard InChI is InChI=1S/C19H24N4S.2ClH/c1-3-24-19-21-17-8-9-23(2)12-16(17)18(22-19)20-15-10-13-6-4-5-7-14(13)11-15;;/h4-7,15H,3,8-12H2,1-2H3,(H,20,21,22);2*1H. The van der Waals surface area contributed by atoms with Gasteiger partial charge in [0, 0.05) is 31.1 Å². The molecule has 1 aliphatic heterocycles. The molecule has 0 unspecified atom stereocenters. The summed E-state index contributed by atoms with van der Waals surface area (Å²) in [5, 5.41) is 4.66. The predicted octanol–water partition coefficient (Wildman–Crippen LogP) is 4.00. The van der Waals surface area contributed by atoms with Crippen molar-refractivity contribution in [1.29, 1.82) is 0 Å². The third-order valence-electron chi connectivity index (χ3n) is 4.90. The Morgan fingerprint density at radius 2 is 1.85 bits per heavy atom. The lowest BCUT2D eigenvalue weighted by atomic mass is 10.1. The summed E-state index contributed by atoms with van der Waals surface area (Å²) >= 11 is 1.73. The molecular weight excluding hydrogens is 387 g/mol. The van der Waals surface area contributed by atoms with Gasteiger partial charge in [-0.1, -0.05) is 43.0 Å². The summed E-state index contributed by atoms with van der Waals surface area (Å²) in [6.07, 6.45) is 3.19. The maximum atomic E-state index is 4.85. The second-order valence-electron chi connectivity index (χ2n) is 6.72. The Kier molecular flexibility index (Phi) is 7.59. The molecule has 0 spiro atoms. The number of benzene rings is 1. The van der Waals surface area contributed by atoms with E-state index in [-0.39, 0.29) is 24.8 Å². The monoisotopic (exact) mass is 412 g/mol. The maximum Gasteiger partial charge on any atom is 0.189 e. The molecule has 4 nitrogen and oxygen atoms in total. The summed E-state index contributed by atoms with van der Waals surface area (Å²) in [4.78, 5) is 12.0. The first kappa shape index (κ1) is 21.3. The van der Waals surface area contributed by atoms with Crippen molar-refractivity contribution in [3.05, 3.63) is 46.6 Å². The first-order valence-electron chi connectivity index (χ1n) is 8.77.